The van der Waals surface area contributed by atoms with Gasteiger partial charge in [-0.25, -0.2) is 4.98 Å². The highest BCUT2D eigenvalue weighted by Gasteiger charge is 2.18. The van der Waals surface area contributed by atoms with Crippen LogP contribution in [0, 0.1) is 0 Å². The van der Waals surface area contributed by atoms with Crippen molar-refractivity contribution in [3.63, 3.8) is 0 Å². The number of nitrogens with one attached hydrogen (secondary N) is 1. The SMILES string of the molecule is CCN(CC)CCCC(Nc1c2ccc(Cl)cc2nc2ccc(OC)cc12)c1cccs1.Cl. The van der Waals surface area contributed by atoms with Gasteiger partial charge in [0.05, 0.1) is 29.9 Å². The standard InChI is InChI=1S/C26H30ClN3OS.ClH/c1-4-30(5-2)14-6-8-23(25-9-7-15-32-25)29-26-20-12-10-18(27)16-24(20)28-22-13-11-19(31-3)17-21(22)26;/h7,9-13,15-17,23H,4-6,8,14H2,1-3H3,(H,28,29);1H. The molecule has 0 aliphatic carbocycles. The first-order valence-corrected chi connectivity index (χ1v) is 12.5. The third kappa shape index (κ3) is 5.90. The van der Waals surface area contributed by atoms with E-state index in [1.54, 1.807) is 18.4 Å². The Bertz CT molecular complexity index is 1180. The molecular formula is C26H31Cl2N3OS. The van der Waals surface area contributed by atoms with Gasteiger partial charge in [0.1, 0.15) is 5.75 Å². The Balaban J connectivity index is 0.00000306. The van der Waals surface area contributed by atoms with Crippen LogP contribution in [0.25, 0.3) is 21.8 Å². The fourth-order valence-corrected chi connectivity index (χ4v) is 5.17. The summed E-state index contributed by atoms with van der Waals surface area (Å²) in [6, 6.07) is 16.5. The van der Waals surface area contributed by atoms with Gasteiger partial charge in [0.15, 0.2) is 0 Å². The molecule has 7 heteroatoms. The number of anilines is 1. The number of methoxy groups -OCH3 is 1. The molecule has 0 saturated heterocycles. The molecule has 0 amide bonds. The van der Waals surface area contributed by atoms with Gasteiger partial charge in [-0.2, -0.15) is 0 Å². The molecule has 1 atom stereocenters. The summed E-state index contributed by atoms with van der Waals surface area (Å²) in [5.41, 5.74) is 2.91. The summed E-state index contributed by atoms with van der Waals surface area (Å²) in [4.78, 5) is 8.70. The molecule has 4 aromatic rings. The second kappa shape index (κ2) is 11.9. The maximum absolute atomic E-state index is 6.30. The Morgan fingerprint density at radius 1 is 1.06 bits per heavy atom. The van der Waals surface area contributed by atoms with Crippen LogP contribution in [0.4, 0.5) is 5.69 Å². The van der Waals surface area contributed by atoms with E-state index in [-0.39, 0.29) is 18.4 Å². The molecule has 0 bridgehead atoms. The highest BCUT2D eigenvalue weighted by atomic mass is 35.5. The van der Waals surface area contributed by atoms with Crippen molar-refractivity contribution >= 4 is 62.8 Å². The topological polar surface area (TPSA) is 37.4 Å². The predicted octanol–water partition coefficient (Wildman–Crippen LogP) is 7.81. The monoisotopic (exact) mass is 503 g/mol. The number of aromatic nitrogens is 1. The van der Waals surface area contributed by atoms with Gasteiger partial charge < -0.3 is 15.0 Å². The Morgan fingerprint density at radius 2 is 1.88 bits per heavy atom. The number of hydrogen-bond acceptors (Lipinski definition) is 5. The fourth-order valence-electron chi connectivity index (χ4n) is 4.19. The van der Waals surface area contributed by atoms with Crippen LogP contribution < -0.4 is 10.1 Å². The summed E-state index contributed by atoms with van der Waals surface area (Å²) < 4.78 is 5.52. The molecule has 33 heavy (non-hydrogen) atoms. The second-order valence-corrected chi connectivity index (χ2v) is 9.33. The Kier molecular flexibility index (Phi) is 9.21. The van der Waals surface area contributed by atoms with Crippen molar-refractivity contribution in [1.82, 2.24) is 9.88 Å². The minimum absolute atomic E-state index is 0. The molecule has 0 aliphatic rings. The summed E-state index contributed by atoms with van der Waals surface area (Å²) in [5.74, 6) is 0.824. The lowest BCUT2D eigenvalue weighted by Crippen LogP contribution is -2.24. The number of nitrogens with zero attached hydrogens (tertiary/aromatic N) is 2. The summed E-state index contributed by atoms with van der Waals surface area (Å²) in [6.07, 6.45) is 2.19. The lowest BCUT2D eigenvalue weighted by Gasteiger charge is -2.24. The number of rotatable bonds is 10. The summed E-state index contributed by atoms with van der Waals surface area (Å²) >= 11 is 8.10. The van der Waals surface area contributed by atoms with Crippen molar-refractivity contribution in [2.24, 2.45) is 0 Å². The van der Waals surface area contributed by atoms with E-state index in [1.807, 2.05) is 24.3 Å². The highest BCUT2D eigenvalue weighted by molar-refractivity contribution is 7.10. The number of hydrogen-bond donors (Lipinski definition) is 1. The average molecular weight is 505 g/mol. The minimum Gasteiger partial charge on any atom is -0.497 e. The summed E-state index contributed by atoms with van der Waals surface area (Å²) in [7, 11) is 1.70. The predicted molar refractivity (Wildman–Crippen MR) is 146 cm³/mol. The Hall–Kier alpha value is -2.05. The van der Waals surface area contributed by atoms with Crippen LogP contribution in [0.2, 0.25) is 5.02 Å². The number of benzene rings is 2. The van der Waals surface area contributed by atoms with E-state index < -0.39 is 0 Å². The molecule has 0 spiro atoms. The zero-order valence-electron chi connectivity index (χ0n) is 19.3. The van der Waals surface area contributed by atoms with Crippen molar-refractivity contribution in [3.05, 3.63) is 63.8 Å². The smallest absolute Gasteiger partial charge is 0.119 e. The van der Waals surface area contributed by atoms with E-state index in [0.717, 1.165) is 65.7 Å². The molecule has 2 aromatic carbocycles. The van der Waals surface area contributed by atoms with Crippen LogP contribution in [-0.2, 0) is 0 Å². The maximum atomic E-state index is 6.30. The molecule has 0 saturated carbocycles. The molecule has 1 N–H and O–H groups in total. The van der Waals surface area contributed by atoms with E-state index in [0.29, 0.717) is 5.02 Å². The molecule has 2 aromatic heterocycles. The molecule has 2 heterocycles. The average Bonchev–Trinajstić information content (AvgIpc) is 3.35. The minimum atomic E-state index is 0. The normalized spacial score (nSPS) is 12.2. The lowest BCUT2D eigenvalue weighted by atomic mass is 10.0. The molecule has 1 unspecified atom stereocenters. The van der Waals surface area contributed by atoms with Gasteiger partial charge in [-0.15, -0.1) is 23.7 Å². The molecule has 0 radical (unpaired) electrons. The number of thiophene rings is 1. The van der Waals surface area contributed by atoms with Crippen LogP contribution in [-0.4, -0.2) is 36.6 Å². The molecule has 0 aliphatic heterocycles. The van der Waals surface area contributed by atoms with Gasteiger partial charge >= 0.3 is 0 Å². The lowest BCUT2D eigenvalue weighted by molar-refractivity contribution is 0.294. The Morgan fingerprint density at radius 3 is 2.58 bits per heavy atom. The van der Waals surface area contributed by atoms with Crippen molar-refractivity contribution in [3.8, 4) is 5.75 Å². The van der Waals surface area contributed by atoms with E-state index in [2.05, 4.69) is 53.7 Å². The van der Waals surface area contributed by atoms with Gasteiger partial charge in [-0.05, 0) is 80.3 Å². The third-order valence-electron chi connectivity index (χ3n) is 6.01. The van der Waals surface area contributed by atoms with E-state index in [1.165, 1.54) is 4.88 Å². The van der Waals surface area contributed by atoms with Crippen LogP contribution in [0.1, 0.15) is 37.6 Å². The second-order valence-electron chi connectivity index (χ2n) is 7.91. The van der Waals surface area contributed by atoms with E-state index in [4.69, 9.17) is 21.3 Å². The van der Waals surface area contributed by atoms with Crippen molar-refractivity contribution in [2.75, 3.05) is 32.1 Å². The number of ether oxygens (including phenoxy) is 1. The maximum Gasteiger partial charge on any atom is 0.119 e. The van der Waals surface area contributed by atoms with Crippen LogP contribution in [0.3, 0.4) is 0 Å². The largest absolute Gasteiger partial charge is 0.497 e. The summed E-state index contributed by atoms with van der Waals surface area (Å²) in [5, 5.41) is 8.88. The van der Waals surface area contributed by atoms with Gasteiger partial charge in [0, 0.05) is 20.7 Å². The van der Waals surface area contributed by atoms with Gasteiger partial charge in [0.25, 0.3) is 0 Å². The van der Waals surface area contributed by atoms with Crippen molar-refractivity contribution in [2.45, 2.75) is 32.7 Å². The summed E-state index contributed by atoms with van der Waals surface area (Å²) in [6.45, 7) is 7.75. The van der Waals surface area contributed by atoms with Gasteiger partial charge in [-0.3, -0.25) is 0 Å². The van der Waals surface area contributed by atoms with Gasteiger partial charge in [-0.1, -0.05) is 31.5 Å². The third-order valence-corrected chi connectivity index (χ3v) is 7.23. The highest BCUT2D eigenvalue weighted by Crippen LogP contribution is 2.37. The Labute approximate surface area is 211 Å². The molecule has 0 fully saturated rings. The van der Waals surface area contributed by atoms with Crippen LogP contribution in [0.15, 0.2) is 53.9 Å². The molecule has 4 nitrogen and oxygen atoms in total. The van der Waals surface area contributed by atoms with Crippen LogP contribution >= 0.6 is 35.3 Å². The van der Waals surface area contributed by atoms with E-state index in [9.17, 15) is 0 Å². The number of halogens is 2. The van der Waals surface area contributed by atoms with Crippen LogP contribution in [0.5, 0.6) is 5.75 Å². The zero-order valence-corrected chi connectivity index (χ0v) is 21.7. The first-order chi connectivity index (χ1) is 15.6. The quantitative estimate of drug-likeness (QED) is 0.224. The van der Waals surface area contributed by atoms with Crippen molar-refractivity contribution in [1.29, 1.82) is 0 Å². The first-order valence-electron chi connectivity index (χ1n) is 11.2. The fraction of sp³-hybridized carbons (Fsp3) is 0.346. The molecule has 4 rings (SSSR count). The number of pyridine rings is 1. The first kappa shape index (κ1) is 25.6. The number of fused-ring (bicyclic) bond motifs is 2. The van der Waals surface area contributed by atoms with Crippen molar-refractivity contribution < 1.29 is 4.74 Å². The molecular weight excluding hydrogens is 473 g/mol. The zero-order chi connectivity index (χ0) is 22.5. The van der Waals surface area contributed by atoms with Gasteiger partial charge in [0.2, 0.25) is 0 Å². The van der Waals surface area contributed by atoms with E-state index >= 15 is 0 Å². The molecule has 176 valence electrons.